The Labute approximate surface area is 338 Å². The van der Waals surface area contributed by atoms with Crippen LogP contribution < -0.4 is 4.74 Å². The Hall–Kier alpha value is -8.02. The van der Waals surface area contributed by atoms with Crippen molar-refractivity contribution < 1.29 is 4.74 Å². The molecule has 0 N–H and O–H groups in total. The van der Waals surface area contributed by atoms with Crippen LogP contribution in [0, 0.1) is 0 Å². The summed E-state index contributed by atoms with van der Waals surface area (Å²) < 4.78 is 11.3. The number of fused-ring (bicyclic) bond motifs is 10. The van der Waals surface area contributed by atoms with Crippen molar-refractivity contribution in [3.8, 4) is 56.6 Å². The van der Waals surface area contributed by atoms with E-state index in [0.717, 1.165) is 94.3 Å². The van der Waals surface area contributed by atoms with Gasteiger partial charge in [0.1, 0.15) is 11.5 Å². The topological polar surface area (TPSA) is 44.9 Å². The summed E-state index contributed by atoms with van der Waals surface area (Å²) in [7, 11) is 0. The van der Waals surface area contributed by atoms with Gasteiger partial charge in [0.15, 0.2) is 0 Å². The standard InChI is InChI=1S/C54H32N4O/c1-3-14-33(15-4-1)53-40-20-7-10-23-44(40)55-54(56-53)58-45-24-11-8-18-37(45)43-30-34(27-29-46(43)58)35-26-28-41-47(31-35)57(36-16-5-2-6-17-36)48-32-50-52-39(21-13-22-42(52)51(41)48)38-19-9-12-25-49(38)59-50/h1-32H. The molecule has 4 heterocycles. The fourth-order valence-corrected chi connectivity index (χ4v) is 9.53. The van der Waals surface area contributed by atoms with Crippen molar-refractivity contribution >= 4 is 65.3 Å². The van der Waals surface area contributed by atoms with Crippen LogP contribution >= 0.6 is 0 Å². The number of ether oxygens (including phenoxy) is 1. The van der Waals surface area contributed by atoms with Crippen LogP contribution in [-0.2, 0) is 0 Å². The summed E-state index contributed by atoms with van der Waals surface area (Å²) in [6, 6.07) is 68.9. The molecule has 274 valence electrons. The highest BCUT2D eigenvalue weighted by atomic mass is 16.5. The molecule has 9 aromatic carbocycles. The van der Waals surface area contributed by atoms with Crippen molar-refractivity contribution in [1.29, 1.82) is 0 Å². The van der Waals surface area contributed by atoms with Crippen LogP contribution in [0.1, 0.15) is 0 Å². The van der Waals surface area contributed by atoms with Crippen LogP contribution in [0.3, 0.4) is 0 Å². The van der Waals surface area contributed by atoms with E-state index in [1.54, 1.807) is 0 Å². The highest BCUT2D eigenvalue weighted by molar-refractivity contribution is 6.25. The van der Waals surface area contributed by atoms with E-state index in [1.807, 2.05) is 18.2 Å². The van der Waals surface area contributed by atoms with Gasteiger partial charge in [-0.1, -0.05) is 140 Å². The molecule has 1 aliphatic heterocycles. The molecule has 0 saturated carbocycles. The SMILES string of the molecule is c1ccc(-c2nc(-n3c4ccccc4c4cc(-c5ccc6c7c8cccc9c8c(cc7n(-c7ccccc7)c6c5)Oc5ccccc5-9)ccc43)nc3ccccc23)cc1. The summed E-state index contributed by atoms with van der Waals surface area (Å²) in [6.45, 7) is 0. The van der Waals surface area contributed by atoms with Crippen LogP contribution in [0.2, 0.25) is 0 Å². The predicted octanol–water partition coefficient (Wildman–Crippen LogP) is 14.1. The molecule has 0 amide bonds. The monoisotopic (exact) mass is 752 g/mol. The summed E-state index contributed by atoms with van der Waals surface area (Å²) in [4.78, 5) is 10.5. The van der Waals surface area contributed by atoms with Gasteiger partial charge in [0.2, 0.25) is 5.95 Å². The Bertz CT molecular complexity index is 3700. The lowest BCUT2D eigenvalue weighted by atomic mass is 9.92. The van der Waals surface area contributed by atoms with E-state index in [2.05, 4.69) is 185 Å². The van der Waals surface area contributed by atoms with Crippen molar-refractivity contribution in [3.63, 3.8) is 0 Å². The third-order valence-corrected chi connectivity index (χ3v) is 12.1. The lowest BCUT2D eigenvalue weighted by molar-refractivity contribution is 0.487. The van der Waals surface area contributed by atoms with E-state index in [9.17, 15) is 0 Å². The van der Waals surface area contributed by atoms with Crippen molar-refractivity contribution in [2.75, 3.05) is 0 Å². The maximum atomic E-state index is 6.67. The number of hydrogen-bond donors (Lipinski definition) is 0. The molecule has 3 aromatic heterocycles. The minimum absolute atomic E-state index is 0.654. The van der Waals surface area contributed by atoms with Gasteiger partial charge in [-0.15, -0.1) is 0 Å². The molecule has 0 aliphatic carbocycles. The predicted molar refractivity (Wildman–Crippen MR) is 242 cm³/mol. The van der Waals surface area contributed by atoms with Crippen molar-refractivity contribution in [3.05, 3.63) is 194 Å². The average molecular weight is 753 g/mol. The number of hydrogen-bond acceptors (Lipinski definition) is 3. The Kier molecular flexibility index (Phi) is 6.66. The Morgan fingerprint density at radius 2 is 1.05 bits per heavy atom. The Morgan fingerprint density at radius 3 is 1.95 bits per heavy atom. The summed E-state index contributed by atoms with van der Waals surface area (Å²) >= 11 is 0. The second-order valence-electron chi connectivity index (χ2n) is 15.3. The molecular weight excluding hydrogens is 721 g/mol. The Balaban J connectivity index is 1.04. The molecule has 5 nitrogen and oxygen atoms in total. The van der Waals surface area contributed by atoms with Crippen molar-refractivity contribution in [2.24, 2.45) is 0 Å². The molecule has 13 rings (SSSR count). The average Bonchev–Trinajstić information content (AvgIpc) is 3.81. The normalized spacial score (nSPS) is 12.2. The fourth-order valence-electron chi connectivity index (χ4n) is 9.53. The smallest absolute Gasteiger partial charge is 0.235 e. The summed E-state index contributed by atoms with van der Waals surface area (Å²) in [5.74, 6) is 2.42. The fraction of sp³-hybridized carbons (Fsp3) is 0. The molecule has 1 aliphatic rings. The maximum Gasteiger partial charge on any atom is 0.235 e. The van der Waals surface area contributed by atoms with Gasteiger partial charge in [-0.05, 0) is 70.6 Å². The van der Waals surface area contributed by atoms with Crippen LogP contribution in [0.5, 0.6) is 11.5 Å². The van der Waals surface area contributed by atoms with Gasteiger partial charge >= 0.3 is 0 Å². The highest BCUT2D eigenvalue weighted by Crippen LogP contribution is 2.50. The second-order valence-corrected chi connectivity index (χ2v) is 15.3. The van der Waals surface area contributed by atoms with E-state index >= 15 is 0 Å². The van der Waals surface area contributed by atoms with E-state index in [4.69, 9.17) is 14.7 Å². The van der Waals surface area contributed by atoms with Gasteiger partial charge in [-0.2, -0.15) is 0 Å². The zero-order valence-corrected chi connectivity index (χ0v) is 31.7. The molecular formula is C54H32N4O. The molecule has 0 saturated heterocycles. The largest absolute Gasteiger partial charge is 0.456 e. The molecule has 5 heteroatoms. The summed E-state index contributed by atoms with van der Waals surface area (Å²) in [5, 5.41) is 8.11. The van der Waals surface area contributed by atoms with Crippen molar-refractivity contribution in [2.45, 2.75) is 0 Å². The first-order chi connectivity index (χ1) is 29.3. The van der Waals surface area contributed by atoms with Crippen molar-refractivity contribution in [1.82, 2.24) is 19.1 Å². The molecule has 0 radical (unpaired) electrons. The van der Waals surface area contributed by atoms with Gasteiger partial charge in [0.25, 0.3) is 0 Å². The lowest BCUT2D eigenvalue weighted by Gasteiger charge is -2.22. The first-order valence-corrected chi connectivity index (χ1v) is 20.0. The van der Waals surface area contributed by atoms with Crippen LogP contribution in [0.15, 0.2) is 194 Å². The number of rotatable bonds is 4. The maximum absolute atomic E-state index is 6.67. The second kappa shape index (κ2) is 12.2. The van der Waals surface area contributed by atoms with Gasteiger partial charge < -0.3 is 9.30 Å². The summed E-state index contributed by atoms with van der Waals surface area (Å²) in [5.41, 5.74) is 13.0. The third-order valence-electron chi connectivity index (χ3n) is 12.1. The minimum atomic E-state index is 0.654. The number of para-hydroxylation sites is 4. The van der Waals surface area contributed by atoms with E-state index in [0.29, 0.717) is 5.95 Å². The first-order valence-electron chi connectivity index (χ1n) is 20.0. The molecule has 0 atom stereocenters. The molecule has 0 fully saturated rings. The van der Waals surface area contributed by atoms with E-state index in [-0.39, 0.29) is 0 Å². The zero-order valence-electron chi connectivity index (χ0n) is 31.7. The number of benzene rings is 9. The summed E-state index contributed by atoms with van der Waals surface area (Å²) in [6.07, 6.45) is 0. The molecule has 0 unspecified atom stereocenters. The molecule has 0 bridgehead atoms. The quantitative estimate of drug-likeness (QED) is 0.180. The molecule has 0 spiro atoms. The molecule has 12 aromatic rings. The van der Waals surface area contributed by atoms with Crippen LogP contribution in [-0.4, -0.2) is 19.1 Å². The van der Waals surface area contributed by atoms with Gasteiger partial charge in [-0.25, -0.2) is 9.97 Å². The lowest BCUT2D eigenvalue weighted by Crippen LogP contribution is -2.03. The number of aromatic nitrogens is 4. The van der Waals surface area contributed by atoms with Gasteiger partial charge in [0, 0.05) is 55.2 Å². The van der Waals surface area contributed by atoms with Crippen LogP contribution in [0.4, 0.5) is 0 Å². The van der Waals surface area contributed by atoms with Gasteiger partial charge in [-0.3, -0.25) is 4.57 Å². The first kappa shape index (κ1) is 32.1. The molecule has 59 heavy (non-hydrogen) atoms. The minimum Gasteiger partial charge on any atom is -0.456 e. The number of nitrogens with zero attached hydrogens (tertiary/aromatic N) is 4. The Morgan fingerprint density at radius 1 is 0.356 bits per heavy atom. The van der Waals surface area contributed by atoms with Crippen LogP contribution in [0.25, 0.3) is 110 Å². The van der Waals surface area contributed by atoms with E-state index < -0.39 is 0 Å². The highest BCUT2D eigenvalue weighted by Gasteiger charge is 2.25. The van der Waals surface area contributed by atoms with E-state index in [1.165, 1.54) is 21.7 Å². The third kappa shape index (κ3) is 4.67. The zero-order chi connectivity index (χ0) is 38.6. The van der Waals surface area contributed by atoms with Gasteiger partial charge in [0.05, 0.1) is 33.3 Å².